The number of carbonyl (C=O) groups excluding carboxylic acids is 2. The van der Waals surface area contributed by atoms with Crippen molar-refractivity contribution in [3.63, 3.8) is 0 Å². The summed E-state index contributed by atoms with van der Waals surface area (Å²) in [6, 6.07) is 0. The molecule has 1 aliphatic heterocycles. The number of rotatable bonds is 5. The quantitative estimate of drug-likeness (QED) is 0.804. The highest BCUT2D eigenvalue weighted by molar-refractivity contribution is 5.81. The maximum Gasteiger partial charge on any atom is 0.227 e. The van der Waals surface area contributed by atoms with Crippen LogP contribution in [0, 0.1) is 17.8 Å². The Balaban J connectivity index is 1.82. The molecule has 1 heterocycles. The molecule has 1 N–H and O–H groups in total. The molecule has 4 nitrogen and oxygen atoms in total. The molecule has 1 aliphatic carbocycles. The molecule has 1 saturated carbocycles. The second kappa shape index (κ2) is 5.72. The molecule has 1 saturated heterocycles. The van der Waals surface area contributed by atoms with Gasteiger partial charge in [-0.15, -0.1) is 0 Å². The Morgan fingerprint density at radius 2 is 2.11 bits per heavy atom. The van der Waals surface area contributed by atoms with Crippen LogP contribution in [0.4, 0.5) is 0 Å². The summed E-state index contributed by atoms with van der Waals surface area (Å²) in [5.74, 6) is 1.89. The van der Waals surface area contributed by atoms with Gasteiger partial charge in [0.15, 0.2) is 0 Å². The van der Waals surface area contributed by atoms with Crippen LogP contribution < -0.4 is 5.32 Å². The van der Waals surface area contributed by atoms with E-state index in [0.29, 0.717) is 13.0 Å². The largest absolute Gasteiger partial charge is 0.355 e. The van der Waals surface area contributed by atoms with Gasteiger partial charge in [0, 0.05) is 26.1 Å². The van der Waals surface area contributed by atoms with Gasteiger partial charge in [-0.25, -0.2) is 0 Å². The van der Waals surface area contributed by atoms with E-state index in [1.54, 1.807) is 0 Å². The van der Waals surface area contributed by atoms with E-state index in [9.17, 15) is 9.59 Å². The average molecular weight is 252 g/mol. The third-order valence-electron chi connectivity index (χ3n) is 4.31. The minimum absolute atomic E-state index is 0.0298. The summed E-state index contributed by atoms with van der Waals surface area (Å²) in [5.41, 5.74) is 0. The Labute approximate surface area is 109 Å². The molecule has 0 spiro atoms. The van der Waals surface area contributed by atoms with Crippen LogP contribution in [0.25, 0.3) is 0 Å². The highest BCUT2D eigenvalue weighted by Gasteiger charge is 2.43. The van der Waals surface area contributed by atoms with Crippen LogP contribution in [0.15, 0.2) is 0 Å². The van der Waals surface area contributed by atoms with Crippen LogP contribution >= 0.6 is 0 Å². The number of amides is 2. The predicted molar refractivity (Wildman–Crippen MR) is 69.9 cm³/mol. The Hall–Kier alpha value is -1.06. The predicted octanol–water partition coefficient (Wildman–Crippen LogP) is 1.41. The fourth-order valence-electron chi connectivity index (χ4n) is 2.81. The van der Waals surface area contributed by atoms with Gasteiger partial charge >= 0.3 is 0 Å². The van der Waals surface area contributed by atoms with Gasteiger partial charge in [-0.1, -0.05) is 13.8 Å². The van der Waals surface area contributed by atoms with Crippen molar-refractivity contribution in [1.29, 1.82) is 0 Å². The van der Waals surface area contributed by atoms with E-state index in [2.05, 4.69) is 5.32 Å². The summed E-state index contributed by atoms with van der Waals surface area (Å²) in [7, 11) is 0. The van der Waals surface area contributed by atoms with E-state index < -0.39 is 0 Å². The standard InChI is InChI=1S/C14H24N2O2/c1-3-10(8-15-13(17)4-2)14(18)16-6-5-11-7-12(11)9-16/h10-12H,3-9H2,1-2H3,(H,15,17). The van der Waals surface area contributed by atoms with Gasteiger partial charge in [0.25, 0.3) is 0 Å². The first-order valence-corrected chi connectivity index (χ1v) is 7.21. The summed E-state index contributed by atoms with van der Waals surface area (Å²) in [6.07, 6.45) is 3.77. The fourth-order valence-corrected chi connectivity index (χ4v) is 2.81. The normalized spacial score (nSPS) is 27.3. The van der Waals surface area contributed by atoms with Crippen molar-refractivity contribution in [2.24, 2.45) is 17.8 Å². The van der Waals surface area contributed by atoms with Crippen LogP contribution in [0.2, 0.25) is 0 Å². The molecule has 18 heavy (non-hydrogen) atoms. The molecular weight excluding hydrogens is 228 g/mol. The SMILES string of the molecule is CCC(=O)NCC(CC)C(=O)N1CCC2CC2C1. The minimum atomic E-state index is -0.0456. The lowest BCUT2D eigenvalue weighted by molar-refractivity contribution is -0.136. The molecule has 2 rings (SSSR count). The van der Waals surface area contributed by atoms with Crippen LogP contribution in [0.1, 0.15) is 39.5 Å². The topological polar surface area (TPSA) is 49.4 Å². The summed E-state index contributed by atoms with van der Waals surface area (Å²) in [5, 5.41) is 2.84. The molecule has 2 aliphatic rings. The molecule has 4 heteroatoms. The Morgan fingerprint density at radius 3 is 2.72 bits per heavy atom. The summed E-state index contributed by atoms with van der Waals surface area (Å²) >= 11 is 0. The van der Waals surface area contributed by atoms with Crippen molar-refractivity contribution in [3.05, 3.63) is 0 Å². The number of hydrogen-bond acceptors (Lipinski definition) is 2. The maximum atomic E-state index is 12.4. The molecule has 2 amide bonds. The highest BCUT2D eigenvalue weighted by Crippen LogP contribution is 2.45. The first kappa shape index (κ1) is 13.4. The molecule has 0 aromatic heterocycles. The molecule has 0 bridgehead atoms. The molecule has 3 unspecified atom stereocenters. The zero-order valence-corrected chi connectivity index (χ0v) is 11.4. The first-order valence-electron chi connectivity index (χ1n) is 7.21. The minimum Gasteiger partial charge on any atom is -0.355 e. The zero-order chi connectivity index (χ0) is 13.1. The lowest BCUT2D eigenvalue weighted by Gasteiger charge is -2.30. The van der Waals surface area contributed by atoms with E-state index in [1.165, 1.54) is 12.8 Å². The molecule has 0 aromatic carbocycles. The number of carbonyl (C=O) groups is 2. The first-order chi connectivity index (χ1) is 8.65. The number of piperidine rings is 1. The van der Waals surface area contributed by atoms with E-state index in [1.807, 2.05) is 18.7 Å². The van der Waals surface area contributed by atoms with Crippen molar-refractivity contribution >= 4 is 11.8 Å². The number of nitrogens with one attached hydrogen (secondary N) is 1. The molecule has 3 atom stereocenters. The third kappa shape index (κ3) is 3.03. The molecule has 102 valence electrons. The van der Waals surface area contributed by atoms with E-state index in [0.717, 1.165) is 31.3 Å². The van der Waals surface area contributed by atoms with Crippen LogP contribution in [-0.2, 0) is 9.59 Å². The lowest BCUT2D eigenvalue weighted by Crippen LogP contribution is -2.44. The maximum absolute atomic E-state index is 12.4. The van der Waals surface area contributed by atoms with Gasteiger partial charge in [-0.2, -0.15) is 0 Å². The number of fused-ring (bicyclic) bond motifs is 1. The summed E-state index contributed by atoms with van der Waals surface area (Å²) < 4.78 is 0. The lowest BCUT2D eigenvalue weighted by atomic mass is 10.0. The van der Waals surface area contributed by atoms with Crippen molar-refractivity contribution in [1.82, 2.24) is 10.2 Å². The Kier molecular flexibility index (Phi) is 4.25. The summed E-state index contributed by atoms with van der Waals surface area (Å²) in [6.45, 7) is 6.20. The highest BCUT2D eigenvalue weighted by atomic mass is 16.2. The molecular formula is C14H24N2O2. The van der Waals surface area contributed by atoms with Crippen molar-refractivity contribution in [3.8, 4) is 0 Å². The van der Waals surface area contributed by atoms with Gasteiger partial charge in [0.05, 0.1) is 5.92 Å². The monoisotopic (exact) mass is 252 g/mol. The van der Waals surface area contributed by atoms with Crippen LogP contribution in [-0.4, -0.2) is 36.3 Å². The van der Waals surface area contributed by atoms with Crippen LogP contribution in [0.5, 0.6) is 0 Å². The van der Waals surface area contributed by atoms with Gasteiger partial charge < -0.3 is 10.2 Å². The number of nitrogens with zero attached hydrogens (tertiary/aromatic N) is 1. The zero-order valence-electron chi connectivity index (χ0n) is 11.4. The Bertz CT molecular complexity index is 330. The van der Waals surface area contributed by atoms with E-state index >= 15 is 0 Å². The smallest absolute Gasteiger partial charge is 0.227 e. The number of likely N-dealkylation sites (tertiary alicyclic amines) is 1. The second-order valence-corrected chi connectivity index (χ2v) is 5.59. The van der Waals surface area contributed by atoms with Gasteiger partial charge in [0.1, 0.15) is 0 Å². The van der Waals surface area contributed by atoms with Crippen LogP contribution in [0.3, 0.4) is 0 Å². The van der Waals surface area contributed by atoms with Crippen molar-refractivity contribution < 1.29 is 9.59 Å². The number of hydrogen-bond donors (Lipinski definition) is 1. The summed E-state index contributed by atoms with van der Waals surface area (Å²) in [4.78, 5) is 25.6. The van der Waals surface area contributed by atoms with Crippen molar-refractivity contribution in [2.75, 3.05) is 19.6 Å². The van der Waals surface area contributed by atoms with Gasteiger partial charge in [-0.3, -0.25) is 9.59 Å². The Morgan fingerprint density at radius 1 is 1.33 bits per heavy atom. The van der Waals surface area contributed by atoms with E-state index in [4.69, 9.17) is 0 Å². The second-order valence-electron chi connectivity index (χ2n) is 5.59. The third-order valence-corrected chi connectivity index (χ3v) is 4.31. The van der Waals surface area contributed by atoms with Gasteiger partial charge in [0.2, 0.25) is 11.8 Å². The van der Waals surface area contributed by atoms with Gasteiger partial charge in [-0.05, 0) is 31.1 Å². The molecule has 0 aromatic rings. The van der Waals surface area contributed by atoms with E-state index in [-0.39, 0.29) is 17.7 Å². The van der Waals surface area contributed by atoms with Crippen molar-refractivity contribution in [2.45, 2.75) is 39.5 Å². The average Bonchev–Trinajstić information content (AvgIpc) is 3.16. The fraction of sp³-hybridized carbons (Fsp3) is 0.857. The molecule has 2 fully saturated rings. The molecule has 0 radical (unpaired) electrons.